The fourth-order valence-corrected chi connectivity index (χ4v) is 2.60. The van der Waals surface area contributed by atoms with E-state index in [2.05, 4.69) is 13.5 Å². The number of hydrogen-bond acceptors (Lipinski definition) is 1. The van der Waals surface area contributed by atoms with Crippen molar-refractivity contribution in [2.24, 2.45) is 0 Å². The van der Waals surface area contributed by atoms with Gasteiger partial charge in [-0.2, -0.15) is 0 Å². The highest BCUT2D eigenvalue weighted by Crippen LogP contribution is 2.17. The van der Waals surface area contributed by atoms with Crippen molar-refractivity contribution in [1.29, 1.82) is 0 Å². The molecule has 1 nitrogen and oxygen atoms in total. The van der Waals surface area contributed by atoms with Crippen molar-refractivity contribution in [3.05, 3.63) is 12.7 Å². The zero-order valence-corrected chi connectivity index (χ0v) is 12.5. The quantitative estimate of drug-likeness (QED) is 0.248. The Morgan fingerprint density at radius 1 is 1.00 bits per heavy atom. The molecule has 100 valence electrons. The number of rotatable bonds is 13. The lowest BCUT2D eigenvalue weighted by Gasteiger charge is -2.01. The number of allylic oxidation sites excluding steroid dienone is 1. The predicted molar refractivity (Wildman–Crippen MR) is 80.2 cm³/mol. The molecule has 0 aliphatic heterocycles. The summed E-state index contributed by atoms with van der Waals surface area (Å²) < 4.78 is 0. The summed E-state index contributed by atoms with van der Waals surface area (Å²) in [6.45, 7) is 5.89. The molecule has 0 heterocycles. The Morgan fingerprint density at radius 3 is 2.06 bits per heavy atom. The molecular weight excluding hydrogens is 227 g/mol. The maximum Gasteiger partial charge on any atom is 0.151 e. The van der Waals surface area contributed by atoms with E-state index < -0.39 is 0 Å². The molecule has 2 heteroatoms. The van der Waals surface area contributed by atoms with Gasteiger partial charge < -0.3 is 0 Å². The first-order valence-electron chi connectivity index (χ1n) is 7.18. The largest absolute Gasteiger partial charge is 0.295 e. The van der Waals surface area contributed by atoms with Crippen molar-refractivity contribution in [2.75, 3.05) is 6.16 Å². The number of hydrogen-bond donors (Lipinski definition) is 0. The summed E-state index contributed by atoms with van der Waals surface area (Å²) in [7, 11) is 0.461. The number of unbranched alkanes of at least 4 members (excludes halogenated alkanes) is 8. The van der Waals surface area contributed by atoms with Crippen molar-refractivity contribution < 1.29 is 4.79 Å². The molecule has 17 heavy (non-hydrogen) atoms. The average molecular weight is 256 g/mol. The molecule has 0 aromatic heterocycles. The lowest BCUT2D eigenvalue weighted by Crippen LogP contribution is -1.90. The Kier molecular flexibility index (Phi) is 13.8. The van der Waals surface area contributed by atoms with Crippen LogP contribution in [0.15, 0.2) is 12.7 Å². The zero-order chi connectivity index (χ0) is 12.8. The van der Waals surface area contributed by atoms with E-state index in [0.717, 1.165) is 19.0 Å². The zero-order valence-electron chi connectivity index (χ0n) is 11.5. The van der Waals surface area contributed by atoms with Gasteiger partial charge in [-0.3, -0.25) is 4.79 Å². The van der Waals surface area contributed by atoms with E-state index in [9.17, 15) is 4.79 Å². The summed E-state index contributed by atoms with van der Waals surface area (Å²) >= 11 is 0. The van der Waals surface area contributed by atoms with E-state index in [1.54, 1.807) is 0 Å². The minimum atomic E-state index is 0.438. The van der Waals surface area contributed by atoms with Crippen LogP contribution in [0, 0.1) is 0 Å². The third-order valence-corrected chi connectivity index (χ3v) is 4.09. The van der Waals surface area contributed by atoms with E-state index in [-0.39, 0.29) is 0 Å². The number of carbonyl (C=O) groups excluding carboxylic acids is 1. The second-order valence-corrected chi connectivity index (χ2v) is 5.99. The first kappa shape index (κ1) is 16.8. The Hall–Kier alpha value is -0.160. The Morgan fingerprint density at radius 2 is 1.53 bits per heavy atom. The van der Waals surface area contributed by atoms with Crippen LogP contribution in [0.5, 0.6) is 0 Å². The standard InChI is InChI=1S/C15H29OP/c1-3-5-6-7-8-9-10-11-12-13-15(16)17-14-4-2/h4,17H,2-3,5-14H2,1H3. The molecule has 0 radical (unpaired) electrons. The van der Waals surface area contributed by atoms with Crippen molar-refractivity contribution >= 4 is 14.1 Å². The number of carbonyl (C=O) groups is 1. The summed E-state index contributed by atoms with van der Waals surface area (Å²) in [5, 5.41) is 0. The topological polar surface area (TPSA) is 17.1 Å². The van der Waals surface area contributed by atoms with Crippen molar-refractivity contribution in [3.8, 4) is 0 Å². The van der Waals surface area contributed by atoms with Gasteiger partial charge >= 0.3 is 0 Å². The molecule has 0 spiro atoms. The predicted octanol–water partition coefficient (Wildman–Crippen LogP) is 5.30. The summed E-state index contributed by atoms with van der Waals surface area (Å²) in [6, 6.07) is 0. The molecule has 0 amide bonds. The molecule has 0 bridgehead atoms. The van der Waals surface area contributed by atoms with Crippen molar-refractivity contribution in [3.63, 3.8) is 0 Å². The molecule has 0 aromatic rings. The van der Waals surface area contributed by atoms with Crippen LogP contribution >= 0.6 is 8.58 Å². The van der Waals surface area contributed by atoms with Gasteiger partial charge in [0.1, 0.15) is 0 Å². The maximum atomic E-state index is 11.4. The minimum absolute atomic E-state index is 0.438. The molecule has 0 N–H and O–H groups in total. The fraction of sp³-hybridized carbons (Fsp3) is 0.800. The van der Waals surface area contributed by atoms with Crippen LogP contribution < -0.4 is 0 Å². The van der Waals surface area contributed by atoms with Crippen LogP contribution in [0.25, 0.3) is 0 Å². The van der Waals surface area contributed by atoms with E-state index in [1.165, 1.54) is 51.4 Å². The van der Waals surface area contributed by atoms with Gasteiger partial charge in [-0.25, -0.2) is 0 Å². The van der Waals surface area contributed by atoms with E-state index in [1.807, 2.05) is 6.08 Å². The van der Waals surface area contributed by atoms with Crippen LogP contribution in [-0.2, 0) is 4.79 Å². The van der Waals surface area contributed by atoms with Gasteiger partial charge in [0.15, 0.2) is 5.52 Å². The van der Waals surface area contributed by atoms with Gasteiger partial charge in [0.25, 0.3) is 0 Å². The highest BCUT2D eigenvalue weighted by molar-refractivity contribution is 7.58. The van der Waals surface area contributed by atoms with Crippen LogP contribution in [-0.4, -0.2) is 11.7 Å². The smallest absolute Gasteiger partial charge is 0.151 e. The van der Waals surface area contributed by atoms with Crippen LogP contribution in [0.3, 0.4) is 0 Å². The highest BCUT2D eigenvalue weighted by atomic mass is 31.1. The fourth-order valence-electron chi connectivity index (χ4n) is 1.87. The van der Waals surface area contributed by atoms with Gasteiger partial charge in [-0.05, 0) is 21.2 Å². The molecule has 0 saturated carbocycles. The summed E-state index contributed by atoms with van der Waals surface area (Å²) in [6.07, 6.45) is 15.4. The lowest BCUT2D eigenvalue weighted by atomic mass is 10.1. The molecular formula is C15H29OP. The molecule has 0 aromatic carbocycles. The average Bonchev–Trinajstić information content (AvgIpc) is 2.34. The molecule has 0 saturated heterocycles. The minimum Gasteiger partial charge on any atom is -0.295 e. The summed E-state index contributed by atoms with van der Waals surface area (Å²) in [4.78, 5) is 11.4. The summed E-state index contributed by atoms with van der Waals surface area (Å²) in [5.74, 6) is 0. The second kappa shape index (κ2) is 13.9. The van der Waals surface area contributed by atoms with Gasteiger partial charge in [-0.15, -0.1) is 6.58 Å². The third kappa shape index (κ3) is 13.8. The third-order valence-electron chi connectivity index (χ3n) is 2.95. The lowest BCUT2D eigenvalue weighted by molar-refractivity contribution is -0.111. The van der Waals surface area contributed by atoms with Crippen LogP contribution in [0.4, 0.5) is 0 Å². The SMILES string of the molecule is C=CCPC(=O)CCCCCCCCCCC. The Balaban J connectivity index is 3.07. The van der Waals surface area contributed by atoms with Crippen LogP contribution in [0.2, 0.25) is 0 Å². The molecule has 0 aliphatic carbocycles. The highest BCUT2D eigenvalue weighted by Gasteiger charge is 1.99. The maximum absolute atomic E-state index is 11.4. The Labute approximate surface area is 109 Å². The molecule has 1 unspecified atom stereocenters. The first-order chi connectivity index (χ1) is 8.31. The first-order valence-corrected chi connectivity index (χ1v) is 8.39. The van der Waals surface area contributed by atoms with Gasteiger partial charge in [0, 0.05) is 6.42 Å². The van der Waals surface area contributed by atoms with E-state index in [0.29, 0.717) is 14.1 Å². The second-order valence-electron chi connectivity index (χ2n) is 4.67. The molecule has 0 fully saturated rings. The van der Waals surface area contributed by atoms with Crippen LogP contribution in [0.1, 0.15) is 71.1 Å². The summed E-state index contributed by atoms with van der Waals surface area (Å²) in [5.41, 5.74) is 0.438. The van der Waals surface area contributed by atoms with Gasteiger partial charge in [0.05, 0.1) is 0 Å². The molecule has 1 atom stereocenters. The Bertz CT molecular complexity index is 189. The van der Waals surface area contributed by atoms with Crippen molar-refractivity contribution in [1.82, 2.24) is 0 Å². The van der Waals surface area contributed by atoms with E-state index >= 15 is 0 Å². The molecule has 0 rings (SSSR count). The van der Waals surface area contributed by atoms with Crippen molar-refractivity contribution in [2.45, 2.75) is 71.1 Å². The normalized spacial score (nSPS) is 11.1. The monoisotopic (exact) mass is 256 g/mol. The van der Waals surface area contributed by atoms with E-state index in [4.69, 9.17) is 0 Å². The van der Waals surface area contributed by atoms with Gasteiger partial charge in [0.2, 0.25) is 0 Å². The van der Waals surface area contributed by atoms with Gasteiger partial charge in [-0.1, -0.05) is 64.4 Å². The molecule has 0 aliphatic rings.